The van der Waals surface area contributed by atoms with Crippen molar-refractivity contribution >= 4 is 21.6 Å². The molecule has 0 atom stereocenters. The van der Waals surface area contributed by atoms with Crippen LogP contribution in [0.5, 0.6) is 11.5 Å². The van der Waals surface area contributed by atoms with Crippen molar-refractivity contribution in [3.63, 3.8) is 0 Å². The van der Waals surface area contributed by atoms with Crippen molar-refractivity contribution in [1.82, 2.24) is 4.31 Å². The Morgan fingerprint density at radius 1 is 1.00 bits per heavy atom. The zero-order chi connectivity index (χ0) is 21.7. The highest BCUT2D eigenvalue weighted by Crippen LogP contribution is 2.26. The van der Waals surface area contributed by atoms with Gasteiger partial charge in [-0.3, -0.25) is 4.79 Å². The van der Waals surface area contributed by atoms with Gasteiger partial charge in [-0.05, 0) is 75.2 Å². The quantitative estimate of drug-likeness (QED) is 0.724. The van der Waals surface area contributed by atoms with Crippen LogP contribution >= 0.6 is 0 Å². The Bertz CT molecular complexity index is 948. The summed E-state index contributed by atoms with van der Waals surface area (Å²) in [4.78, 5) is 12.8. The first-order valence-electron chi connectivity index (χ1n) is 10.0. The number of amides is 1. The number of benzene rings is 2. The number of hydrogen-bond donors (Lipinski definition) is 1. The van der Waals surface area contributed by atoms with E-state index in [1.165, 1.54) is 11.4 Å². The zero-order valence-electron chi connectivity index (χ0n) is 17.5. The zero-order valence-corrected chi connectivity index (χ0v) is 18.3. The molecule has 1 aliphatic heterocycles. The average Bonchev–Trinajstić information content (AvgIpc) is 2.75. The third-order valence-corrected chi connectivity index (χ3v) is 6.93. The smallest absolute Gasteiger partial charge is 0.243 e. The van der Waals surface area contributed by atoms with Gasteiger partial charge in [0.15, 0.2) is 0 Å². The summed E-state index contributed by atoms with van der Waals surface area (Å²) in [5.74, 6) is 1.04. The van der Waals surface area contributed by atoms with Crippen molar-refractivity contribution < 1.29 is 22.7 Å². The van der Waals surface area contributed by atoms with Crippen LogP contribution in [0.1, 0.15) is 26.7 Å². The molecule has 1 fully saturated rings. The molecule has 0 aliphatic carbocycles. The summed E-state index contributed by atoms with van der Waals surface area (Å²) in [5.41, 5.74) is 0.699. The Morgan fingerprint density at radius 3 is 2.10 bits per heavy atom. The summed E-state index contributed by atoms with van der Waals surface area (Å²) < 4.78 is 37.8. The van der Waals surface area contributed by atoms with Crippen molar-refractivity contribution in [1.29, 1.82) is 0 Å². The van der Waals surface area contributed by atoms with Crippen molar-refractivity contribution in [3.05, 3.63) is 48.5 Å². The number of nitrogens with one attached hydrogen (secondary N) is 1. The number of carbonyl (C=O) groups is 1. The fourth-order valence-corrected chi connectivity index (χ4v) is 4.86. The van der Waals surface area contributed by atoms with E-state index in [0.29, 0.717) is 37.4 Å². The van der Waals surface area contributed by atoms with Gasteiger partial charge in [0, 0.05) is 24.7 Å². The number of hydrogen-bond acceptors (Lipinski definition) is 5. The maximum atomic E-state index is 12.8. The predicted octanol–water partition coefficient (Wildman–Crippen LogP) is 3.52. The second-order valence-corrected chi connectivity index (χ2v) is 9.47. The summed E-state index contributed by atoms with van der Waals surface area (Å²) in [6, 6.07) is 13.6. The van der Waals surface area contributed by atoms with Gasteiger partial charge in [0.1, 0.15) is 11.5 Å². The van der Waals surface area contributed by atoms with Crippen LogP contribution in [0, 0.1) is 5.92 Å². The van der Waals surface area contributed by atoms with E-state index in [0.717, 1.165) is 5.75 Å². The van der Waals surface area contributed by atoms with E-state index in [1.807, 2.05) is 26.0 Å². The summed E-state index contributed by atoms with van der Waals surface area (Å²) in [5, 5.41) is 2.91. The largest absolute Gasteiger partial charge is 0.497 e. The van der Waals surface area contributed by atoms with E-state index in [9.17, 15) is 13.2 Å². The van der Waals surface area contributed by atoms with E-state index in [-0.39, 0.29) is 22.8 Å². The monoisotopic (exact) mass is 432 g/mol. The molecule has 162 valence electrons. The highest BCUT2D eigenvalue weighted by molar-refractivity contribution is 7.89. The number of sulfonamides is 1. The van der Waals surface area contributed by atoms with Crippen molar-refractivity contribution in [2.75, 3.05) is 25.5 Å². The number of carbonyl (C=O) groups excluding carboxylic acids is 1. The minimum absolute atomic E-state index is 0.0878. The maximum Gasteiger partial charge on any atom is 0.243 e. The number of piperidine rings is 1. The van der Waals surface area contributed by atoms with E-state index >= 15 is 0 Å². The lowest BCUT2D eigenvalue weighted by Gasteiger charge is -2.30. The Morgan fingerprint density at radius 2 is 1.57 bits per heavy atom. The van der Waals surface area contributed by atoms with Crippen molar-refractivity contribution in [2.45, 2.75) is 37.7 Å². The summed E-state index contributed by atoms with van der Waals surface area (Å²) in [7, 11) is -2.04. The number of nitrogens with zero attached hydrogens (tertiary/aromatic N) is 1. The molecule has 0 unspecified atom stereocenters. The van der Waals surface area contributed by atoms with Gasteiger partial charge in [-0.25, -0.2) is 8.42 Å². The third-order valence-electron chi connectivity index (χ3n) is 5.02. The lowest BCUT2D eigenvalue weighted by atomic mass is 9.97. The molecular weight excluding hydrogens is 404 g/mol. The van der Waals surface area contributed by atoms with Crippen LogP contribution in [0.2, 0.25) is 0 Å². The van der Waals surface area contributed by atoms with Gasteiger partial charge in [0.05, 0.1) is 18.1 Å². The van der Waals surface area contributed by atoms with Gasteiger partial charge >= 0.3 is 0 Å². The molecule has 0 bridgehead atoms. The fraction of sp³-hybridized carbons (Fsp3) is 0.409. The molecule has 2 aromatic rings. The van der Waals surface area contributed by atoms with Crippen molar-refractivity contribution in [2.24, 2.45) is 5.92 Å². The van der Waals surface area contributed by atoms with E-state index < -0.39 is 10.0 Å². The lowest BCUT2D eigenvalue weighted by molar-refractivity contribution is -0.120. The summed E-state index contributed by atoms with van der Waals surface area (Å²) >= 11 is 0. The molecule has 1 heterocycles. The Labute approximate surface area is 178 Å². The van der Waals surface area contributed by atoms with Gasteiger partial charge in [-0.15, -0.1) is 0 Å². The maximum absolute atomic E-state index is 12.8. The second kappa shape index (κ2) is 9.49. The molecule has 1 N–H and O–H groups in total. The highest BCUT2D eigenvalue weighted by atomic mass is 32.2. The minimum Gasteiger partial charge on any atom is -0.497 e. The number of ether oxygens (including phenoxy) is 2. The van der Waals surface area contributed by atoms with Crippen LogP contribution in [-0.2, 0) is 14.8 Å². The number of rotatable bonds is 7. The topological polar surface area (TPSA) is 84.9 Å². The highest BCUT2D eigenvalue weighted by Gasteiger charge is 2.32. The van der Waals surface area contributed by atoms with Gasteiger partial charge < -0.3 is 14.8 Å². The molecule has 0 saturated carbocycles. The first-order chi connectivity index (χ1) is 14.3. The molecular formula is C22H28N2O5S. The molecule has 0 radical (unpaired) electrons. The minimum atomic E-state index is -3.58. The second-order valence-electron chi connectivity index (χ2n) is 7.53. The normalized spacial score (nSPS) is 15.7. The van der Waals surface area contributed by atoms with Crippen LogP contribution in [0.15, 0.2) is 53.4 Å². The Hall–Kier alpha value is -2.58. The molecule has 30 heavy (non-hydrogen) atoms. The molecule has 7 nitrogen and oxygen atoms in total. The molecule has 0 aromatic heterocycles. The van der Waals surface area contributed by atoms with Gasteiger partial charge in [-0.1, -0.05) is 0 Å². The van der Waals surface area contributed by atoms with E-state index in [4.69, 9.17) is 9.47 Å². The van der Waals surface area contributed by atoms with Crippen LogP contribution in [0.4, 0.5) is 5.69 Å². The number of anilines is 1. The summed E-state index contributed by atoms with van der Waals surface area (Å²) in [6.45, 7) is 4.54. The van der Waals surface area contributed by atoms with Crippen LogP contribution in [-0.4, -0.2) is 44.9 Å². The Balaban J connectivity index is 1.56. The fourth-order valence-electron chi connectivity index (χ4n) is 3.39. The summed E-state index contributed by atoms with van der Waals surface area (Å²) in [6.07, 6.45) is 1.05. The number of methoxy groups -OCH3 is 1. The predicted molar refractivity (Wildman–Crippen MR) is 115 cm³/mol. The van der Waals surface area contributed by atoms with Crippen LogP contribution in [0.25, 0.3) is 0 Å². The molecule has 3 rings (SSSR count). The molecule has 1 saturated heterocycles. The van der Waals surface area contributed by atoms with Crippen molar-refractivity contribution in [3.8, 4) is 11.5 Å². The van der Waals surface area contributed by atoms with Gasteiger partial charge in [0.25, 0.3) is 0 Å². The van der Waals surface area contributed by atoms with Crippen LogP contribution in [0.3, 0.4) is 0 Å². The van der Waals surface area contributed by atoms with Crippen LogP contribution < -0.4 is 14.8 Å². The van der Waals surface area contributed by atoms with E-state index in [2.05, 4.69) is 5.32 Å². The molecule has 2 aromatic carbocycles. The molecule has 0 spiro atoms. The third kappa shape index (κ3) is 5.31. The average molecular weight is 433 g/mol. The molecule has 8 heteroatoms. The lowest BCUT2D eigenvalue weighted by Crippen LogP contribution is -2.41. The SMILES string of the molecule is COc1ccc(S(=O)(=O)N2CCC(C(=O)Nc3ccc(OC(C)C)cc3)CC2)cc1. The van der Waals surface area contributed by atoms with E-state index in [1.54, 1.807) is 36.4 Å². The first-order valence-corrected chi connectivity index (χ1v) is 11.5. The molecule has 1 aliphatic rings. The first kappa shape index (κ1) is 22.1. The van der Waals surface area contributed by atoms with Gasteiger partial charge in [-0.2, -0.15) is 4.31 Å². The standard InChI is InChI=1S/C22H28N2O5S/c1-16(2)29-20-6-4-18(5-7-20)23-22(25)17-12-14-24(15-13-17)30(26,27)21-10-8-19(28-3)9-11-21/h4-11,16-17H,12-15H2,1-3H3,(H,23,25). The van der Waals surface area contributed by atoms with Gasteiger partial charge in [0.2, 0.25) is 15.9 Å². The Kier molecular flexibility index (Phi) is 6.99. The molecule has 1 amide bonds.